The quantitative estimate of drug-likeness (QED) is 0.497. The van der Waals surface area contributed by atoms with E-state index in [2.05, 4.69) is 10.3 Å². The summed E-state index contributed by atoms with van der Waals surface area (Å²) in [5.74, 6) is -0.670. The molecule has 0 aliphatic carbocycles. The van der Waals surface area contributed by atoms with Gasteiger partial charge in [0.15, 0.2) is 5.37 Å². The summed E-state index contributed by atoms with van der Waals surface area (Å²) in [7, 11) is -3.84. The Balaban J connectivity index is 0.00000243. The van der Waals surface area contributed by atoms with Gasteiger partial charge >= 0.3 is 57.4 Å². The van der Waals surface area contributed by atoms with Crippen LogP contribution in [-0.2, 0) is 14.8 Å². The van der Waals surface area contributed by atoms with Crippen LogP contribution in [0.15, 0.2) is 39.5 Å². The average Bonchev–Trinajstić information content (AvgIpc) is 3.12. The van der Waals surface area contributed by atoms with Crippen molar-refractivity contribution in [2.75, 3.05) is 25.4 Å². The van der Waals surface area contributed by atoms with Crippen LogP contribution < -0.4 is 51.4 Å². The Labute approximate surface area is 199 Å². The van der Waals surface area contributed by atoms with Gasteiger partial charge in [0.2, 0.25) is 10.0 Å². The largest absolute Gasteiger partial charge is 1.00 e. The second-order valence-corrected chi connectivity index (χ2v) is 8.95. The first-order valence-corrected chi connectivity index (χ1v) is 10.6. The topological polar surface area (TPSA) is 103 Å². The number of nitrogens with zero attached hydrogens (tertiary/aromatic N) is 4. The minimum atomic E-state index is -3.84. The van der Waals surface area contributed by atoms with Gasteiger partial charge in [-0.3, -0.25) is 5.01 Å². The summed E-state index contributed by atoms with van der Waals surface area (Å²) in [5, 5.41) is 18.3. The number of carboxylic acid groups (broad SMARTS) is 1. The van der Waals surface area contributed by atoms with Gasteiger partial charge < -0.3 is 5.11 Å². The molecule has 136 valence electrons. The summed E-state index contributed by atoms with van der Waals surface area (Å²) in [4.78, 5) is 11.3. The Morgan fingerprint density at radius 1 is 1.12 bits per heavy atom. The number of piperidine rings is 1. The van der Waals surface area contributed by atoms with E-state index in [0.29, 0.717) is 11.4 Å². The van der Waals surface area contributed by atoms with Crippen LogP contribution in [0, 0.1) is 0 Å². The summed E-state index contributed by atoms with van der Waals surface area (Å²) in [6.07, 6.45) is 3.42. The SMILES string of the molecule is O=C(O)C1SCCN1S(=O)(=O)c1ccc(N=NN2CCCCC2)cc1.[K+]. The molecular formula is C15H20KN4O4S2+. The number of thioether (sulfide) groups is 1. The maximum atomic E-state index is 12.7. The van der Waals surface area contributed by atoms with Gasteiger partial charge in [0, 0.05) is 25.4 Å². The monoisotopic (exact) mass is 423 g/mol. The molecule has 1 N–H and O–H groups in total. The molecule has 0 amide bonds. The molecule has 0 bridgehead atoms. The number of hydrogen-bond acceptors (Lipinski definition) is 6. The number of sulfonamides is 1. The van der Waals surface area contributed by atoms with Crippen molar-refractivity contribution < 1.29 is 69.7 Å². The molecule has 0 saturated carbocycles. The molecule has 0 aromatic heterocycles. The minimum absolute atomic E-state index is 0. The summed E-state index contributed by atoms with van der Waals surface area (Å²) < 4.78 is 26.3. The van der Waals surface area contributed by atoms with Crippen LogP contribution >= 0.6 is 11.8 Å². The van der Waals surface area contributed by atoms with Crippen molar-refractivity contribution >= 4 is 33.4 Å². The Morgan fingerprint density at radius 3 is 2.38 bits per heavy atom. The van der Waals surface area contributed by atoms with Crippen LogP contribution in [-0.4, -0.2) is 59.6 Å². The van der Waals surface area contributed by atoms with Crippen molar-refractivity contribution in [3.05, 3.63) is 24.3 Å². The molecule has 1 aromatic carbocycles. The third-order valence-corrected chi connectivity index (χ3v) is 7.32. The fraction of sp³-hybridized carbons (Fsp3) is 0.533. The van der Waals surface area contributed by atoms with E-state index in [4.69, 9.17) is 0 Å². The van der Waals surface area contributed by atoms with E-state index in [1.807, 2.05) is 5.01 Å². The van der Waals surface area contributed by atoms with E-state index >= 15 is 0 Å². The fourth-order valence-electron chi connectivity index (χ4n) is 2.80. The molecule has 8 nitrogen and oxygen atoms in total. The molecule has 26 heavy (non-hydrogen) atoms. The number of aliphatic carboxylic acids is 1. The predicted octanol–water partition coefficient (Wildman–Crippen LogP) is -0.677. The molecule has 1 unspecified atom stereocenters. The van der Waals surface area contributed by atoms with E-state index in [9.17, 15) is 18.3 Å². The van der Waals surface area contributed by atoms with E-state index < -0.39 is 21.4 Å². The van der Waals surface area contributed by atoms with Gasteiger partial charge in [0.1, 0.15) is 0 Å². The molecular weight excluding hydrogens is 403 g/mol. The van der Waals surface area contributed by atoms with Crippen molar-refractivity contribution in [2.24, 2.45) is 10.3 Å². The zero-order valence-electron chi connectivity index (χ0n) is 14.6. The van der Waals surface area contributed by atoms with Crippen LogP contribution in [0.1, 0.15) is 19.3 Å². The van der Waals surface area contributed by atoms with E-state index in [0.717, 1.165) is 42.0 Å². The van der Waals surface area contributed by atoms with Crippen molar-refractivity contribution in [3.8, 4) is 0 Å². The Hall–Kier alpha value is -0.0136. The second kappa shape index (κ2) is 9.96. The number of rotatable bonds is 5. The number of carbonyl (C=O) groups is 1. The molecule has 2 fully saturated rings. The van der Waals surface area contributed by atoms with Crippen LogP contribution in [0.2, 0.25) is 0 Å². The maximum absolute atomic E-state index is 12.7. The molecule has 3 rings (SSSR count). The van der Waals surface area contributed by atoms with Crippen molar-refractivity contribution in [1.82, 2.24) is 9.31 Å². The zero-order valence-corrected chi connectivity index (χ0v) is 19.4. The molecule has 0 radical (unpaired) electrons. The molecule has 2 saturated heterocycles. The third-order valence-electron chi connectivity index (χ3n) is 4.12. The van der Waals surface area contributed by atoms with Crippen molar-refractivity contribution in [3.63, 3.8) is 0 Å². The fourth-order valence-corrected chi connectivity index (χ4v) is 5.80. The number of benzene rings is 1. The Bertz CT molecular complexity index is 751. The molecule has 1 atom stereocenters. The van der Waals surface area contributed by atoms with Gasteiger partial charge in [0.05, 0.1) is 10.6 Å². The van der Waals surface area contributed by atoms with Crippen LogP contribution in [0.3, 0.4) is 0 Å². The normalized spacial score (nSPS) is 21.7. The molecule has 2 aliphatic heterocycles. The van der Waals surface area contributed by atoms with E-state index in [-0.39, 0.29) is 62.8 Å². The van der Waals surface area contributed by atoms with Gasteiger partial charge in [-0.1, -0.05) is 5.22 Å². The van der Waals surface area contributed by atoms with Gasteiger partial charge in [-0.2, -0.15) is 4.31 Å². The minimum Gasteiger partial charge on any atom is -0.479 e. The zero-order chi connectivity index (χ0) is 17.9. The van der Waals surface area contributed by atoms with Crippen LogP contribution in [0.25, 0.3) is 0 Å². The Kier molecular flexibility index (Phi) is 8.54. The summed E-state index contributed by atoms with van der Waals surface area (Å²) in [5.41, 5.74) is 0.565. The maximum Gasteiger partial charge on any atom is 1.00 e. The molecule has 2 aliphatic rings. The summed E-state index contributed by atoms with van der Waals surface area (Å²) in [6, 6.07) is 6.06. The Morgan fingerprint density at radius 2 is 1.77 bits per heavy atom. The van der Waals surface area contributed by atoms with Crippen LogP contribution in [0.4, 0.5) is 5.69 Å². The molecule has 11 heteroatoms. The van der Waals surface area contributed by atoms with E-state index in [1.165, 1.54) is 18.6 Å². The average molecular weight is 424 g/mol. The predicted molar refractivity (Wildman–Crippen MR) is 94.2 cm³/mol. The van der Waals surface area contributed by atoms with Gasteiger partial charge in [-0.25, -0.2) is 13.2 Å². The summed E-state index contributed by atoms with van der Waals surface area (Å²) >= 11 is 1.12. The first-order valence-electron chi connectivity index (χ1n) is 8.11. The van der Waals surface area contributed by atoms with Crippen molar-refractivity contribution in [1.29, 1.82) is 0 Å². The smallest absolute Gasteiger partial charge is 0.479 e. The van der Waals surface area contributed by atoms with Gasteiger partial charge in [-0.05, 0) is 43.5 Å². The molecule has 2 heterocycles. The first kappa shape index (κ1) is 22.3. The summed E-state index contributed by atoms with van der Waals surface area (Å²) in [6.45, 7) is 1.97. The van der Waals surface area contributed by atoms with Gasteiger partial charge in [-0.15, -0.1) is 16.9 Å². The van der Waals surface area contributed by atoms with Crippen molar-refractivity contribution in [2.45, 2.75) is 29.5 Å². The van der Waals surface area contributed by atoms with Crippen LogP contribution in [0.5, 0.6) is 0 Å². The first-order chi connectivity index (χ1) is 12.0. The number of carboxylic acids is 1. The molecule has 1 aromatic rings. The molecule has 0 spiro atoms. The number of hydrogen-bond donors (Lipinski definition) is 1. The van der Waals surface area contributed by atoms with Gasteiger partial charge in [0.25, 0.3) is 0 Å². The third kappa shape index (κ3) is 5.28. The second-order valence-electron chi connectivity index (χ2n) is 5.87. The van der Waals surface area contributed by atoms with E-state index in [1.54, 1.807) is 12.1 Å². The standard InChI is InChI=1S/C15H20N4O4S2.K/c20-15(21)14-19(10-11-24-14)25(22,23)13-6-4-12(5-7-13)16-17-18-8-2-1-3-9-18;/h4-7,14H,1-3,8-11H2,(H,20,21);/q;+1.